The third-order valence-corrected chi connectivity index (χ3v) is 5.09. The summed E-state index contributed by atoms with van der Waals surface area (Å²) in [5.41, 5.74) is 2.08. The molecule has 1 aromatic carbocycles. The van der Waals surface area contributed by atoms with Gasteiger partial charge in [-0.25, -0.2) is 0 Å². The van der Waals surface area contributed by atoms with Crippen molar-refractivity contribution in [3.63, 3.8) is 0 Å². The van der Waals surface area contributed by atoms with Crippen LogP contribution in [0.25, 0.3) is 5.65 Å². The third kappa shape index (κ3) is 4.60. The molecule has 3 rings (SSSR count). The molecule has 2 unspecified atom stereocenters. The van der Waals surface area contributed by atoms with Crippen molar-refractivity contribution in [2.45, 2.75) is 43.1 Å². The number of rotatable bonds is 7. The zero-order chi connectivity index (χ0) is 17.6. The summed E-state index contributed by atoms with van der Waals surface area (Å²) in [5, 5.41) is 11.9. The van der Waals surface area contributed by atoms with Gasteiger partial charge in [0.05, 0.1) is 5.25 Å². The molecular weight excluding hydrogens is 332 g/mol. The lowest BCUT2D eigenvalue weighted by molar-refractivity contribution is -0.120. The largest absolute Gasteiger partial charge is 0.353 e. The molecular formula is C19H22N4OS. The number of nitrogens with one attached hydrogen (secondary N) is 1. The number of hydrogen-bond acceptors (Lipinski definition) is 4. The lowest BCUT2D eigenvalue weighted by Gasteiger charge is -2.17. The van der Waals surface area contributed by atoms with Crippen LogP contribution < -0.4 is 5.32 Å². The van der Waals surface area contributed by atoms with E-state index >= 15 is 0 Å². The fourth-order valence-corrected chi connectivity index (χ4v) is 3.42. The van der Waals surface area contributed by atoms with Crippen LogP contribution in [0.5, 0.6) is 0 Å². The predicted octanol–water partition coefficient (Wildman–Crippen LogP) is 3.35. The average Bonchev–Trinajstić information content (AvgIpc) is 3.04. The van der Waals surface area contributed by atoms with Crippen molar-refractivity contribution < 1.29 is 4.79 Å². The second-order valence-corrected chi connectivity index (χ2v) is 7.41. The third-order valence-electron chi connectivity index (χ3n) is 4.03. The minimum Gasteiger partial charge on any atom is -0.353 e. The second kappa shape index (κ2) is 8.16. The minimum atomic E-state index is -0.230. The topological polar surface area (TPSA) is 59.3 Å². The Morgan fingerprint density at radius 1 is 1.12 bits per heavy atom. The Kier molecular flexibility index (Phi) is 5.71. The predicted molar refractivity (Wildman–Crippen MR) is 101 cm³/mol. The highest BCUT2D eigenvalue weighted by Crippen LogP contribution is 2.22. The molecule has 0 spiro atoms. The summed E-state index contributed by atoms with van der Waals surface area (Å²) in [6.07, 6.45) is 3.78. The van der Waals surface area contributed by atoms with E-state index < -0.39 is 0 Å². The van der Waals surface area contributed by atoms with Gasteiger partial charge >= 0.3 is 0 Å². The van der Waals surface area contributed by atoms with E-state index in [0.29, 0.717) is 0 Å². The molecule has 25 heavy (non-hydrogen) atoms. The SMILES string of the molecule is CC(CCc1ccccc1)NC(=O)C(C)Sc1nnc2ccccn12. The van der Waals surface area contributed by atoms with Crippen LogP contribution in [0.4, 0.5) is 0 Å². The van der Waals surface area contributed by atoms with E-state index in [1.807, 2.05) is 60.8 Å². The molecule has 0 saturated heterocycles. The van der Waals surface area contributed by atoms with Gasteiger partial charge in [0.25, 0.3) is 0 Å². The van der Waals surface area contributed by atoms with Gasteiger partial charge in [0.2, 0.25) is 5.91 Å². The smallest absolute Gasteiger partial charge is 0.233 e. The molecule has 1 N–H and O–H groups in total. The number of fused-ring (bicyclic) bond motifs is 1. The molecule has 2 aromatic heterocycles. The fraction of sp³-hybridized carbons (Fsp3) is 0.316. The van der Waals surface area contributed by atoms with Gasteiger partial charge in [-0.2, -0.15) is 0 Å². The van der Waals surface area contributed by atoms with E-state index in [9.17, 15) is 4.79 Å². The van der Waals surface area contributed by atoms with Gasteiger partial charge < -0.3 is 5.32 Å². The Bertz CT molecular complexity index is 834. The molecule has 2 heterocycles. The molecule has 5 nitrogen and oxygen atoms in total. The number of hydrogen-bond donors (Lipinski definition) is 1. The van der Waals surface area contributed by atoms with Crippen molar-refractivity contribution in [1.29, 1.82) is 0 Å². The molecule has 0 fully saturated rings. The Labute approximate surface area is 151 Å². The standard InChI is InChI=1S/C19H22N4OS/c1-14(11-12-16-8-4-3-5-9-16)20-18(24)15(2)25-19-22-21-17-10-6-7-13-23(17)19/h3-10,13-15H,11-12H2,1-2H3,(H,20,24). The first-order valence-electron chi connectivity index (χ1n) is 8.44. The molecule has 2 atom stereocenters. The van der Waals surface area contributed by atoms with Gasteiger partial charge in [-0.15, -0.1) is 10.2 Å². The molecule has 0 saturated carbocycles. The Balaban J connectivity index is 1.52. The Morgan fingerprint density at radius 3 is 2.68 bits per heavy atom. The van der Waals surface area contributed by atoms with Crippen molar-refractivity contribution in [2.75, 3.05) is 0 Å². The van der Waals surface area contributed by atoms with Crippen molar-refractivity contribution in [3.8, 4) is 0 Å². The molecule has 1 amide bonds. The van der Waals surface area contributed by atoms with E-state index in [1.54, 1.807) is 0 Å². The highest BCUT2D eigenvalue weighted by atomic mass is 32.2. The lowest BCUT2D eigenvalue weighted by Crippen LogP contribution is -2.37. The average molecular weight is 354 g/mol. The van der Waals surface area contributed by atoms with Crippen LogP contribution in [0, 0.1) is 0 Å². The van der Waals surface area contributed by atoms with Crippen LogP contribution in [-0.2, 0) is 11.2 Å². The lowest BCUT2D eigenvalue weighted by atomic mass is 10.1. The van der Waals surface area contributed by atoms with Gasteiger partial charge in [-0.1, -0.05) is 48.2 Å². The molecule has 6 heteroatoms. The van der Waals surface area contributed by atoms with Crippen molar-refractivity contribution in [2.24, 2.45) is 0 Å². The van der Waals surface area contributed by atoms with E-state index in [2.05, 4.69) is 27.6 Å². The summed E-state index contributed by atoms with van der Waals surface area (Å²) in [7, 11) is 0. The van der Waals surface area contributed by atoms with Crippen LogP contribution in [0.15, 0.2) is 59.9 Å². The van der Waals surface area contributed by atoms with E-state index in [-0.39, 0.29) is 17.2 Å². The van der Waals surface area contributed by atoms with Gasteiger partial charge in [0.15, 0.2) is 10.8 Å². The summed E-state index contributed by atoms with van der Waals surface area (Å²) in [4.78, 5) is 12.4. The van der Waals surface area contributed by atoms with Crippen LogP contribution >= 0.6 is 11.8 Å². The normalized spacial score (nSPS) is 13.5. The minimum absolute atomic E-state index is 0.0262. The van der Waals surface area contributed by atoms with Gasteiger partial charge in [-0.05, 0) is 44.4 Å². The van der Waals surface area contributed by atoms with Crippen LogP contribution in [0.2, 0.25) is 0 Å². The molecule has 3 aromatic rings. The number of aromatic nitrogens is 3. The second-order valence-electron chi connectivity index (χ2n) is 6.11. The van der Waals surface area contributed by atoms with Gasteiger partial charge in [0, 0.05) is 12.2 Å². The number of thioether (sulfide) groups is 1. The molecule has 130 valence electrons. The van der Waals surface area contributed by atoms with Crippen molar-refractivity contribution in [3.05, 3.63) is 60.3 Å². The van der Waals surface area contributed by atoms with E-state index in [4.69, 9.17) is 0 Å². The summed E-state index contributed by atoms with van der Waals surface area (Å²) >= 11 is 1.42. The van der Waals surface area contributed by atoms with Crippen LogP contribution in [0.3, 0.4) is 0 Å². The maximum atomic E-state index is 12.4. The number of amides is 1. The number of pyridine rings is 1. The molecule has 0 radical (unpaired) electrons. The van der Waals surface area contributed by atoms with Crippen molar-refractivity contribution in [1.82, 2.24) is 19.9 Å². The Hall–Kier alpha value is -2.34. The van der Waals surface area contributed by atoms with E-state index in [1.165, 1.54) is 17.3 Å². The molecule has 0 aliphatic heterocycles. The highest BCUT2D eigenvalue weighted by molar-refractivity contribution is 8.00. The Morgan fingerprint density at radius 2 is 1.88 bits per heavy atom. The van der Waals surface area contributed by atoms with E-state index in [0.717, 1.165) is 23.6 Å². The van der Waals surface area contributed by atoms with Gasteiger partial charge in [0.1, 0.15) is 0 Å². The molecule has 0 aliphatic rings. The summed E-state index contributed by atoms with van der Waals surface area (Å²) in [5.74, 6) is 0.0262. The number of carbonyl (C=O) groups is 1. The monoisotopic (exact) mass is 354 g/mol. The summed E-state index contributed by atoms with van der Waals surface area (Å²) in [6.45, 7) is 3.94. The first-order valence-corrected chi connectivity index (χ1v) is 9.32. The first kappa shape index (κ1) is 17.5. The molecule has 0 bridgehead atoms. The highest BCUT2D eigenvalue weighted by Gasteiger charge is 2.19. The quantitative estimate of drug-likeness (QED) is 0.661. The van der Waals surface area contributed by atoms with Crippen LogP contribution in [0.1, 0.15) is 25.8 Å². The zero-order valence-electron chi connectivity index (χ0n) is 14.4. The first-order chi connectivity index (χ1) is 12.1. The fourth-order valence-electron chi connectivity index (χ4n) is 2.57. The number of nitrogens with zero attached hydrogens (tertiary/aromatic N) is 3. The summed E-state index contributed by atoms with van der Waals surface area (Å²) in [6, 6.07) is 16.2. The van der Waals surface area contributed by atoms with Gasteiger partial charge in [-0.3, -0.25) is 9.20 Å². The molecule has 0 aliphatic carbocycles. The zero-order valence-corrected chi connectivity index (χ0v) is 15.2. The van der Waals surface area contributed by atoms with Crippen molar-refractivity contribution >= 4 is 23.3 Å². The number of carbonyl (C=O) groups excluding carboxylic acids is 1. The van der Waals surface area contributed by atoms with Crippen LogP contribution in [-0.4, -0.2) is 31.8 Å². The number of benzene rings is 1. The maximum absolute atomic E-state index is 12.4. The maximum Gasteiger partial charge on any atom is 0.233 e. The number of aryl methyl sites for hydroxylation is 1. The summed E-state index contributed by atoms with van der Waals surface area (Å²) < 4.78 is 1.90.